The van der Waals surface area contributed by atoms with Crippen molar-refractivity contribution >= 4 is 0 Å². The standard InChI is InChI=1S/C13H24/c1-8-5-6-12(8)11(4)13-7-9(2)10(13)3/h8-13H,5-7H2,1-4H3. The molecule has 0 amide bonds. The lowest BCUT2D eigenvalue weighted by Crippen LogP contribution is -2.43. The fourth-order valence-electron chi connectivity index (χ4n) is 3.57. The molecular formula is C13H24. The Kier molecular flexibility index (Phi) is 2.42. The molecule has 2 aliphatic rings. The first-order valence-corrected chi connectivity index (χ1v) is 6.11. The lowest BCUT2D eigenvalue weighted by Gasteiger charge is -2.50. The third-order valence-corrected chi connectivity index (χ3v) is 5.25. The van der Waals surface area contributed by atoms with Crippen LogP contribution in [0.3, 0.4) is 0 Å². The summed E-state index contributed by atoms with van der Waals surface area (Å²) in [6.07, 6.45) is 4.51. The molecule has 0 heterocycles. The van der Waals surface area contributed by atoms with Crippen LogP contribution in [-0.2, 0) is 0 Å². The maximum atomic E-state index is 2.51. The number of hydrogen-bond donors (Lipinski definition) is 0. The molecule has 13 heavy (non-hydrogen) atoms. The van der Waals surface area contributed by atoms with Crippen LogP contribution in [0.2, 0.25) is 0 Å². The zero-order chi connectivity index (χ0) is 9.59. The van der Waals surface area contributed by atoms with Gasteiger partial charge in [-0.05, 0) is 48.3 Å². The topological polar surface area (TPSA) is 0 Å². The summed E-state index contributed by atoms with van der Waals surface area (Å²) in [7, 11) is 0. The molecule has 6 atom stereocenters. The van der Waals surface area contributed by atoms with E-state index in [0.29, 0.717) is 0 Å². The van der Waals surface area contributed by atoms with Crippen molar-refractivity contribution in [3.63, 3.8) is 0 Å². The van der Waals surface area contributed by atoms with Gasteiger partial charge in [-0.1, -0.05) is 34.1 Å². The molecule has 0 heteroatoms. The smallest absolute Gasteiger partial charge is 0.0355 e. The fraction of sp³-hybridized carbons (Fsp3) is 1.00. The molecule has 0 aromatic rings. The van der Waals surface area contributed by atoms with Crippen LogP contribution in [-0.4, -0.2) is 0 Å². The number of rotatable bonds is 2. The molecule has 2 aliphatic carbocycles. The molecule has 0 aromatic carbocycles. The molecule has 2 fully saturated rings. The Hall–Kier alpha value is 0. The Morgan fingerprint density at radius 3 is 1.92 bits per heavy atom. The highest BCUT2D eigenvalue weighted by Gasteiger charge is 2.43. The minimum atomic E-state index is 1.00. The van der Waals surface area contributed by atoms with Crippen LogP contribution >= 0.6 is 0 Å². The highest BCUT2D eigenvalue weighted by Crippen LogP contribution is 2.51. The van der Waals surface area contributed by atoms with E-state index in [-0.39, 0.29) is 0 Å². The quantitative estimate of drug-likeness (QED) is 0.603. The Bertz CT molecular complexity index is 184. The monoisotopic (exact) mass is 180 g/mol. The van der Waals surface area contributed by atoms with Crippen molar-refractivity contribution in [3.05, 3.63) is 0 Å². The number of hydrogen-bond acceptors (Lipinski definition) is 0. The maximum Gasteiger partial charge on any atom is -0.0355 e. The van der Waals surface area contributed by atoms with Crippen molar-refractivity contribution in [3.8, 4) is 0 Å². The van der Waals surface area contributed by atoms with Crippen LogP contribution in [0.25, 0.3) is 0 Å². The third kappa shape index (κ3) is 1.43. The first-order chi connectivity index (χ1) is 6.11. The van der Waals surface area contributed by atoms with Crippen LogP contribution in [0.15, 0.2) is 0 Å². The van der Waals surface area contributed by atoms with Crippen LogP contribution in [0.1, 0.15) is 47.0 Å². The summed E-state index contributed by atoms with van der Waals surface area (Å²) in [5.41, 5.74) is 0. The molecule has 2 saturated carbocycles. The summed E-state index contributed by atoms with van der Waals surface area (Å²) in [5, 5.41) is 0. The zero-order valence-corrected chi connectivity index (χ0v) is 9.59. The molecular weight excluding hydrogens is 156 g/mol. The van der Waals surface area contributed by atoms with E-state index in [1.807, 2.05) is 0 Å². The summed E-state index contributed by atoms with van der Waals surface area (Å²) < 4.78 is 0. The van der Waals surface area contributed by atoms with Gasteiger partial charge in [0.05, 0.1) is 0 Å². The summed E-state index contributed by atoms with van der Waals surface area (Å²) >= 11 is 0. The lowest BCUT2D eigenvalue weighted by molar-refractivity contribution is -0.0125. The van der Waals surface area contributed by atoms with Crippen LogP contribution in [0.4, 0.5) is 0 Å². The van der Waals surface area contributed by atoms with E-state index < -0.39 is 0 Å². The first-order valence-electron chi connectivity index (χ1n) is 6.11. The van der Waals surface area contributed by atoms with E-state index in [9.17, 15) is 0 Å². The normalized spacial score (nSPS) is 52.2. The summed E-state index contributed by atoms with van der Waals surface area (Å²) in [6.45, 7) is 9.82. The Labute approximate surface area is 83.1 Å². The van der Waals surface area contributed by atoms with Crippen molar-refractivity contribution in [2.45, 2.75) is 47.0 Å². The van der Waals surface area contributed by atoms with Crippen LogP contribution in [0.5, 0.6) is 0 Å². The molecule has 0 saturated heterocycles. The van der Waals surface area contributed by atoms with Gasteiger partial charge in [0, 0.05) is 0 Å². The van der Waals surface area contributed by atoms with E-state index in [1.54, 1.807) is 0 Å². The minimum Gasteiger partial charge on any atom is -0.0622 e. The van der Waals surface area contributed by atoms with Gasteiger partial charge in [0.15, 0.2) is 0 Å². The van der Waals surface area contributed by atoms with E-state index in [2.05, 4.69) is 27.7 Å². The van der Waals surface area contributed by atoms with E-state index in [1.165, 1.54) is 19.3 Å². The van der Waals surface area contributed by atoms with Crippen molar-refractivity contribution in [1.29, 1.82) is 0 Å². The SMILES string of the molecule is CC1CC(C(C)C2CCC2C)C1C. The second-order valence-corrected chi connectivity index (χ2v) is 5.81. The van der Waals surface area contributed by atoms with Gasteiger partial charge < -0.3 is 0 Å². The third-order valence-electron chi connectivity index (χ3n) is 5.25. The van der Waals surface area contributed by atoms with E-state index in [4.69, 9.17) is 0 Å². The second-order valence-electron chi connectivity index (χ2n) is 5.81. The largest absolute Gasteiger partial charge is 0.0622 e. The maximum absolute atomic E-state index is 2.51. The van der Waals surface area contributed by atoms with Crippen molar-refractivity contribution < 1.29 is 0 Å². The molecule has 0 spiro atoms. The predicted octanol–water partition coefficient (Wildman–Crippen LogP) is 3.96. The molecule has 76 valence electrons. The predicted molar refractivity (Wildman–Crippen MR) is 57.5 cm³/mol. The average Bonchev–Trinajstić information content (AvgIpc) is 2.10. The van der Waals surface area contributed by atoms with Gasteiger partial charge in [0.2, 0.25) is 0 Å². The molecule has 0 N–H and O–H groups in total. The van der Waals surface area contributed by atoms with Crippen molar-refractivity contribution in [1.82, 2.24) is 0 Å². The highest BCUT2D eigenvalue weighted by molar-refractivity contribution is 4.92. The lowest BCUT2D eigenvalue weighted by atomic mass is 9.55. The average molecular weight is 180 g/mol. The molecule has 2 rings (SSSR count). The minimum absolute atomic E-state index is 1.00. The molecule has 0 aliphatic heterocycles. The van der Waals surface area contributed by atoms with Gasteiger partial charge in [-0.25, -0.2) is 0 Å². The van der Waals surface area contributed by atoms with Crippen molar-refractivity contribution in [2.24, 2.45) is 35.5 Å². The zero-order valence-electron chi connectivity index (χ0n) is 9.59. The van der Waals surface area contributed by atoms with Gasteiger partial charge in [-0.15, -0.1) is 0 Å². The highest BCUT2D eigenvalue weighted by atomic mass is 14.5. The second kappa shape index (κ2) is 3.29. The Morgan fingerprint density at radius 2 is 1.62 bits per heavy atom. The molecule has 0 radical (unpaired) electrons. The molecule has 0 aromatic heterocycles. The van der Waals surface area contributed by atoms with E-state index in [0.717, 1.165) is 35.5 Å². The van der Waals surface area contributed by atoms with Crippen LogP contribution in [0, 0.1) is 35.5 Å². The molecule has 0 bridgehead atoms. The summed E-state index contributed by atoms with van der Waals surface area (Å²) in [6, 6.07) is 0. The summed E-state index contributed by atoms with van der Waals surface area (Å²) in [4.78, 5) is 0. The first kappa shape index (κ1) is 9.55. The van der Waals surface area contributed by atoms with Crippen LogP contribution < -0.4 is 0 Å². The van der Waals surface area contributed by atoms with Gasteiger partial charge in [0.25, 0.3) is 0 Å². The van der Waals surface area contributed by atoms with Gasteiger partial charge in [-0.2, -0.15) is 0 Å². The Balaban J connectivity index is 1.87. The fourth-order valence-corrected chi connectivity index (χ4v) is 3.57. The van der Waals surface area contributed by atoms with Gasteiger partial charge in [0.1, 0.15) is 0 Å². The summed E-state index contributed by atoms with van der Waals surface area (Å²) in [5.74, 6) is 6.17. The van der Waals surface area contributed by atoms with E-state index >= 15 is 0 Å². The van der Waals surface area contributed by atoms with Gasteiger partial charge in [-0.3, -0.25) is 0 Å². The molecule has 6 unspecified atom stereocenters. The molecule has 0 nitrogen and oxygen atoms in total. The van der Waals surface area contributed by atoms with Crippen molar-refractivity contribution in [2.75, 3.05) is 0 Å². The van der Waals surface area contributed by atoms with Gasteiger partial charge >= 0.3 is 0 Å². The Morgan fingerprint density at radius 1 is 0.923 bits per heavy atom.